The van der Waals surface area contributed by atoms with Crippen LogP contribution in [-0.2, 0) is 33.7 Å². The highest BCUT2D eigenvalue weighted by Gasteiger charge is 2.51. The van der Waals surface area contributed by atoms with Gasteiger partial charge in [-0.1, -0.05) is 25.5 Å². The van der Waals surface area contributed by atoms with E-state index in [1.807, 2.05) is 11.9 Å². The summed E-state index contributed by atoms with van der Waals surface area (Å²) in [6.45, 7) is 5.24. The summed E-state index contributed by atoms with van der Waals surface area (Å²) in [6, 6.07) is -2.66. The number of ether oxygens (including phenoxy) is 1. The molecule has 0 bridgehead atoms. The number of nitrogens with zero attached hydrogens (tertiary/aromatic N) is 2. The lowest BCUT2D eigenvalue weighted by atomic mass is 9.81. The minimum atomic E-state index is -4.83. The molecule has 18 heteroatoms. The monoisotopic (exact) mass is 682 g/mol. The van der Waals surface area contributed by atoms with E-state index in [1.54, 1.807) is 13.8 Å². The Balaban J connectivity index is 0.000000490. The minimum absolute atomic E-state index is 0.0695. The van der Waals surface area contributed by atoms with Gasteiger partial charge in [-0.2, -0.15) is 8.42 Å². The molecule has 3 aliphatic rings. The van der Waals surface area contributed by atoms with E-state index in [0.29, 0.717) is 12.7 Å². The first kappa shape index (κ1) is 38.8. The van der Waals surface area contributed by atoms with Crippen molar-refractivity contribution in [3.63, 3.8) is 0 Å². The number of amides is 2. The number of halogens is 1. The zero-order chi connectivity index (χ0) is 34.1. The van der Waals surface area contributed by atoms with E-state index >= 15 is 0 Å². The van der Waals surface area contributed by atoms with Crippen molar-refractivity contribution in [3.8, 4) is 0 Å². The summed E-state index contributed by atoms with van der Waals surface area (Å²) in [5.74, 6) is -1.88. The number of hydrogen-bond donors (Lipinski definition) is 7. The van der Waals surface area contributed by atoms with Crippen LogP contribution in [0.4, 0.5) is 0 Å². The number of hydrogen-bond acceptors (Lipinski definition) is 11. The minimum Gasteiger partial charge on any atom is -0.390 e. The highest BCUT2D eigenvalue weighted by Crippen LogP contribution is 2.40. The summed E-state index contributed by atoms with van der Waals surface area (Å²) >= 11 is 6.47. The Morgan fingerprint density at radius 3 is 2.40 bits per heavy atom. The van der Waals surface area contributed by atoms with Crippen molar-refractivity contribution >= 4 is 46.1 Å². The van der Waals surface area contributed by atoms with E-state index in [1.165, 1.54) is 10.5 Å². The molecule has 1 aliphatic carbocycles. The van der Waals surface area contributed by atoms with Crippen molar-refractivity contribution < 1.29 is 46.5 Å². The molecule has 0 spiro atoms. The van der Waals surface area contributed by atoms with Crippen molar-refractivity contribution in [2.75, 3.05) is 40.4 Å². The highest BCUT2D eigenvalue weighted by atomic mass is 35.5. The van der Waals surface area contributed by atoms with Crippen molar-refractivity contribution in [3.05, 3.63) is 11.6 Å². The number of aliphatic hydroxyl groups excluding tert-OH is 2. The molecule has 0 aromatic carbocycles. The number of aldehydes is 1. The van der Waals surface area contributed by atoms with Crippen molar-refractivity contribution in [1.82, 2.24) is 20.4 Å². The molecular formula is C27H47ClN6O10S. The second-order valence-corrected chi connectivity index (χ2v) is 13.3. The summed E-state index contributed by atoms with van der Waals surface area (Å²) in [7, 11) is -1.78. The molecule has 258 valence electrons. The SMILES string of the molecule is CNCCC1=CCN(C(=N)N)C1.COC(COS(=O)(=O)O)C(=O)NC(C(=O)N1C(C=O)CC2CC(O)C(O)CC21)C(Cl)C(C)C. The molecule has 2 amide bonds. The fourth-order valence-corrected chi connectivity index (χ4v) is 6.13. The van der Waals surface area contributed by atoms with Gasteiger partial charge in [-0.25, -0.2) is 4.18 Å². The van der Waals surface area contributed by atoms with Gasteiger partial charge < -0.3 is 45.9 Å². The summed E-state index contributed by atoms with van der Waals surface area (Å²) in [5, 5.41) is 32.0. The van der Waals surface area contributed by atoms with E-state index in [-0.39, 0.29) is 30.6 Å². The van der Waals surface area contributed by atoms with Crippen molar-refractivity contribution in [1.29, 1.82) is 5.41 Å². The summed E-state index contributed by atoms with van der Waals surface area (Å²) in [6.07, 6.45) is 0.923. The van der Waals surface area contributed by atoms with E-state index in [0.717, 1.165) is 33.2 Å². The molecule has 0 aromatic rings. The van der Waals surface area contributed by atoms with Crippen LogP contribution in [0.1, 0.15) is 39.5 Å². The van der Waals surface area contributed by atoms with Gasteiger partial charge in [-0.05, 0) is 51.1 Å². The quantitative estimate of drug-likeness (QED) is 0.0295. The van der Waals surface area contributed by atoms with Crippen LogP contribution in [0.15, 0.2) is 11.6 Å². The Kier molecular flexibility index (Phi) is 15.1. The second-order valence-electron chi connectivity index (χ2n) is 11.7. The second kappa shape index (κ2) is 17.5. The maximum Gasteiger partial charge on any atom is 0.397 e. The molecule has 8 unspecified atom stereocenters. The molecule has 45 heavy (non-hydrogen) atoms. The van der Waals surface area contributed by atoms with Gasteiger partial charge in [-0.15, -0.1) is 11.6 Å². The molecule has 2 fully saturated rings. The molecule has 3 rings (SSSR count). The lowest BCUT2D eigenvalue weighted by Gasteiger charge is -2.39. The number of fused-ring (bicyclic) bond motifs is 1. The van der Waals surface area contributed by atoms with Gasteiger partial charge in [0.25, 0.3) is 5.91 Å². The predicted octanol–water partition coefficient (Wildman–Crippen LogP) is -1.40. The molecule has 8 atom stereocenters. The maximum atomic E-state index is 13.6. The van der Waals surface area contributed by atoms with Gasteiger partial charge in [0.15, 0.2) is 12.1 Å². The molecule has 2 heterocycles. The number of carbonyl (C=O) groups excluding carboxylic acids is 3. The van der Waals surface area contributed by atoms with Gasteiger partial charge in [-0.3, -0.25) is 19.6 Å². The van der Waals surface area contributed by atoms with Gasteiger partial charge in [0.05, 0.1) is 23.6 Å². The van der Waals surface area contributed by atoms with Gasteiger partial charge >= 0.3 is 10.4 Å². The highest BCUT2D eigenvalue weighted by molar-refractivity contribution is 7.80. The van der Waals surface area contributed by atoms with Crippen LogP contribution in [0.3, 0.4) is 0 Å². The van der Waals surface area contributed by atoms with Crippen molar-refractivity contribution in [2.24, 2.45) is 17.6 Å². The van der Waals surface area contributed by atoms with E-state index < -0.39 is 70.6 Å². The van der Waals surface area contributed by atoms with E-state index in [9.17, 15) is 33.0 Å². The van der Waals surface area contributed by atoms with E-state index in [2.05, 4.69) is 20.9 Å². The van der Waals surface area contributed by atoms with Crippen LogP contribution in [0.25, 0.3) is 0 Å². The molecule has 0 radical (unpaired) electrons. The molecule has 1 saturated carbocycles. The van der Waals surface area contributed by atoms with Crippen LogP contribution < -0.4 is 16.4 Å². The Labute approximate surface area is 269 Å². The molecule has 16 nitrogen and oxygen atoms in total. The average molecular weight is 683 g/mol. The zero-order valence-corrected chi connectivity index (χ0v) is 27.5. The molecule has 1 saturated heterocycles. The third kappa shape index (κ3) is 11.1. The molecule has 0 aromatic heterocycles. The first-order valence-electron chi connectivity index (χ1n) is 14.7. The molecular weight excluding hydrogens is 636 g/mol. The van der Waals surface area contributed by atoms with Crippen molar-refractivity contribution in [2.45, 2.75) is 81.3 Å². The lowest BCUT2D eigenvalue weighted by Crippen LogP contribution is -2.60. The summed E-state index contributed by atoms with van der Waals surface area (Å²) in [5.41, 5.74) is 6.72. The number of nitrogens with two attached hydrogens (primary N) is 1. The fourth-order valence-electron chi connectivity index (χ4n) is 5.66. The topological polar surface area (TPSA) is 245 Å². The van der Waals surface area contributed by atoms with Crippen LogP contribution >= 0.6 is 11.6 Å². The molecule has 8 N–H and O–H groups in total. The third-order valence-corrected chi connectivity index (χ3v) is 9.37. The third-order valence-electron chi connectivity index (χ3n) is 8.18. The van der Waals surface area contributed by atoms with Crippen LogP contribution in [0.2, 0.25) is 0 Å². The fraction of sp³-hybridized carbons (Fsp3) is 0.778. The Morgan fingerprint density at radius 1 is 1.24 bits per heavy atom. The normalized spacial score (nSPS) is 26.7. The van der Waals surface area contributed by atoms with Gasteiger partial charge in [0.1, 0.15) is 18.9 Å². The summed E-state index contributed by atoms with van der Waals surface area (Å²) in [4.78, 5) is 41.2. The van der Waals surface area contributed by atoms with Crippen LogP contribution in [0.5, 0.6) is 0 Å². The lowest BCUT2D eigenvalue weighted by molar-refractivity contribution is -0.145. The number of guanidine groups is 1. The number of nitrogens with one attached hydrogen (secondary N) is 3. The number of methoxy groups -OCH3 is 1. The average Bonchev–Trinajstić information content (AvgIpc) is 3.59. The van der Waals surface area contributed by atoms with Gasteiger partial charge in [0.2, 0.25) is 5.91 Å². The Bertz CT molecular complexity index is 1170. The first-order chi connectivity index (χ1) is 21.0. The first-order valence-corrected chi connectivity index (χ1v) is 16.5. The number of alkyl halides is 1. The van der Waals surface area contributed by atoms with Crippen LogP contribution in [0, 0.1) is 17.2 Å². The van der Waals surface area contributed by atoms with E-state index in [4.69, 9.17) is 32.0 Å². The number of carbonyl (C=O) groups is 3. The zero-order valence-electron chi connectivity index (χ0n) is 26.0. The smallest absolute Gasteiger partial charge is 0.390 e. The Hall–Kier alpha value is -2.38. The predicted molar refractivity (Wildman–Crippen MR) is 165 cm³/mol. The number of rotatable bonds is 13. The molecule has 2 aliphatic heterocycles. The van der Waals surface area contributed by atoms with Crippen LogP contribution in [-0.4, -0.2) is 139 Å². The number of aliphatic hydroxyl groups is 2. The standard InChI is InChI=1S/C19H31ClN2O10S.C8H16N4/c1-9(2)16(20)17(21-18(26)15(31-3)8-32-33(28,29)30)19(27)22-11(7-23)4-10-5-13(24)14(25)6-12(10)22;1-11-4-2-7-3-5-12(6-7)8(9)10/h7,9-17,24-25H,4-6,8H2,1-3H3,(H,21,26)(H,28,29,30);3,11H,2,4-6H2,1H3,(H3,9,10). The summed E-state index contributed by atoms with van der Waals surface area (Å²) < 4.78 is 39.5. The Morgan fingerprint density at radius 2 is 1.89 bits per heavy atom. The largest absolute Gasteiger partial charge is 0.397 e. The van der Waals surface area contributed by atoms with Gasteiger partial charge in [0, 0.05) is 26.2 Å². The maximum absolute atomic E-state index is 13.6. The number of likely N-dealkylation sites (tertiary alicyclic amines) is 1.